The van der Waals surface area contributed by atoms with Crippen LogP contribution in [0.3, 0.4) is 0 Å². The maximum absolute atomic E-state index is 13.7. The van der Waals surface area contributed by atoms with Crippen LogP contribution in [0.25, 0.3) is 33.4 Å². The van der Waals surface area contributed by atoms with E-state index in [4.69, 9.17) is 24.9 Å². The molecular weight excluding hydrogens is 829 g/mol. The third kappa shape index (κ3) is 8.03. The molecule has 1 aliphatic carbocycles. The average molecular weight is 877 g/mol. The summed E-state index contributed by atoms with van der Waals surface area (Å²) in [6.07, 6.45) is 0.566. The molecule has 4 heterocycles. The number of benzene rings is 4. The molecular formula is C50H48N6O9. The van der Waals surface area contributed by atoms with E-state index in [1.807, 2.05) is 73.7 Å². The largest absolute Gasteiger partial charge is 0.489 e. The molecule has 0 bridgehead atoms. The monoisotopic (exact) mass is 876 g/mol. The molecule has 15 nitrogen and oxygen atoms in total. The molecule has 9 rings (SSSR count). The molecule has 0 radical (unpaired) electrons. The Morgan fingerprint density at radius 3 is 2.37 bits per heavy atom. The molecule has 2 aliphatic heterocycles. The first-order valence-electron chi connectivity index (χ1n) is 21.8. The Bertz CT molecular complexity index is 2900. The number of carbonyl (C=O) groups excluding carboxylic acids is 4. The number of aryl methyl sites for hydroxylation is 1. The number of nitrogens with one attached hydrogen (secondary N) is 3. The van der Waals surface area contributed by atoms with E-state index >= 15 is 0 Å². The molecule has 15 heteroatoms. The number of pyridine rings is 2. The molecule has 65 heavy (non-hydrogen) atoms. The number of aliphatic hydroxyl groups is 1. The zero-order valence-corrected chi connectivity index (χ0v) is 35.9. The number of amides is 4. The Hall–Kier alpha value is -7.52. The van der Waals surface area contributed by atoms with Gasteiger partial charge in [0.1, 0.15) is 31.6 Å². The van der Waals surface area contributed by atoms with E-state index in [0.29, 0.717) is 47.7 Å². The molecule has 6 aromatic rings. The number of nitrogens with zero attached hydrogens (tertiary/aromatic N) is 2. The van der Waals surface area contributed by atoms with E-state index < -0.39 is 35.6 Å². The second-order valence-corrected chi connectivity index (χ2v) is 16.5. The van der Waals surface area contributed by atoms with Crippen LogP contribution < -0.4 is 32.0 Å². The SMILES string of the molecule is CCc1c2c(nc3ccc(OCc4ccc(NC(=O)[C@H](CCCNC(N)=O)NC(=O)OCC5c6ccccc6-c6ccccc65)cc4)cc13)-c1cc3c(c(=O)n1C2)COC(=O)[C@]3(O)CC. The summed E-state index contributed by atoms with van der Waals surface area (Å²) < 4.78 is 18.8. The van der Waals surface area contributed by atoms with E-state index in [-0.39, 0.29) is 61.8 Å². The van der Waals surface area contributed by atoms with Crippen LogP contribution in [0.4, 0.5) is 15.3 Å². The lowest BCUT2D eigenvalue weighted by molar-refractivity contribution is -0.172. The summed E-state index contributed by atoms with van der Waals surface area (Å²) in [6, 6.07) is 28.9. The molecule has 0 unspecified atom stereocenters. The van der Waals surface area contributed by atoms with Crippen LogP contribution in [-0.2, 0) is 50.8 Å². The number of hydrogen-bond donors (Lipinski definition) is 5. The Labute approximate surface area is 373 Å². The fraction of sp³-hybridized carbons (Fsp3) is 0.280. The van der Waals surface area contributed by atoms with Crippen LogP contribution in [0.15, 0.2) is 102 Å². The number of esters is 1. The van der Waals surface area contributed by atoms with Crippen molar-refractivity contribution in [2.45, 2.75) is 76.9 Å². The second kappa shape index (κ2) is 17.6. The number of carbonyl (C=O) groups is 4. The van der Waals surface area contributed by atoms with Gasteiger partial charge in [-0.05, 0) is 95.5 Å². The summed E-state index contributed by atoms with van der Waals surface area (Å²) in [7, 11) is 0. The van der Waals surface area contributed by atoms with E-state index in [9.17, 15) is 29.1 Å². The molecule has 3 aliphatic rings. The minimum absolute atomic E-state index is 0.0646. The zero-order chi connectivity index (χ0) is 45.4. The summed E-state index contributed by atoms with van der Waals surface area (Å²) in [4.78, 5) is 69.4. The van der Waals surface area contributed by atoms with Gasteiger partial charge in [-0.2, -0.15) is 0 Å². The third-order valence-electron chi connectivity index (χ3n) is 12.7. The number of primary amides is 1. The van der Waals surface area contributed by atoms with Crippen molar-refractivity contribution < 1.29 is 38.5 Å². The zero-order valence-electron chi connectivity index (χ0n) is 35.9. The number of alkyl carbamates (subject to hydrolysis) is 1. The van der Waals surface area contributed by atoms with Gasteiger partial charge in [0.25, 0.3) is 5.56 Å². The van der Waals surface area contributed by atoms with Crippen molar-refractivity contribution in [2.24, 2.45) is 5.73 Å². The molecule has 6 N–H and O–H groups in total. The molecule has 2 aromatic heterocycles. The van der Waals surface area contributed by atoms with Crippen molar-refractivity contribution in [3.63, 3.8) is 0 Å². The molecule has 0 saturated carbocycles. The normalized spacial score (nSPS) is 16.0. The second-order valence-electron chi connectivity index (χ2n) is 16.5. The summed E-state index contributed by atoms with van der Waals surface area (Å²) in [5, 5.41) is 20.3. The molecule has 0 spiro atoms. The van der Waals surface area contributed by atoms with Gasteiger partial charge < -0.3 is 45.6 Å². The Morgan fingerprint density at radius 2 is 1.68 bits per heavy atom. The molecule has 2 atom stereocenters. The minimum atomic E-state index is -1.90. The van der Waals surface area contributed by atoms with Gasteiger partial charge in [0.15, 0.2) is 5.60 Å². The quantitative estimate of drug-likeness (QED) is 0.0590. The van der Waals surface area contributed by atoms with Gasteiger partial charge in [-0.3, -0.25) is 9.59 Å². The number of anilines is 1. The Morgan fingerprint density at radius 1 is 0.954 bits per heavy atom. The van der Waals surface area contributed by atoms with Crippen molar-refractivity contribution in [1.29, 1.82) is 0 Å². The van der Waals surface area contributed by atoms with E-state index in [0.717, 1.165) is 44.3 Å². The van der Waals surface area contributed by atoms with Crippen LogP contribution >= 0.6 is 0 Å². The Kier molecular flexibility index (Phi) is 11.6. The Balaban J connectivity index is 0.853. The van der Waals surface area contributed by atoms with Crippen molar-refractivity contribution in [3.8, 4) is 28.3 Å². The van der Waals surface area contributed by atoms with Crippen LogP contribution in [-0.4, -0.2) is 57.9 Å². The number of nitrogens with two attached hydrogens (primary N) is 1. The molecule has 4 aromatic carbocycles. The lowest BCUT2D eigenvalue weighted by Crippen LogP contribution is -2.44. The minimum Gasteiger partial charge on any atom is -0.489 e. The molecule has 332 valence electrons. The molecule has 4 amide bonds. The van der Waals surface area contributed by atoms with Gasteiger partial charge in [-0.25, -0.2) is 19.4 Å². The highest BCUT2D eigenvalue weighted by Crippen LogP contribution is 2.45. The van der Waals surface area contributed by atoms with Gasteiger partial charge in [0, 0.05) is 34.7 Å². The lowest BCUT2D eigenvalue weighted by atomic mass is 9.86. The summed E-state index contributed by atoms with van der Waals surface area (Å²) in [5.74, 6) is -0.748. The number of ether oxygens (including phenoxy) is 3. The summed E-state index contributed by atoms with van der Waals surface area (Å²) >= 11 is 0. The van der Waals surface area contributed by atoms with E-state index in [1.165, 1.54) is 0 Å². The predicted molar refractivity (Wildman–Crippen MR) is 242 cm³/mol. The fourth-order valence-electron chi connectivity index (χ4n) is 9.28. The van der Waals surface area contributed by atoms with Gasteiger partial charge in [0.2, 0.25) is 5.91 Å². The van der Waals surface area contributed by atoms with Crippen molar-refractivity contribution in [1.82, 2.24) is 20.2 Å². The number of urea groups is 1. The summed E-state index contributed by atoms with van der Waals surface area (Å²) in [5.41, 5.74) is 13.1. The van der Waals surface area contributed by atoms with Crippen LogP contribution in [0, 0.1) is 0 Å². The maximum atomic E-state index is 13.7. The van der Waals surface area contributed by atoms with Gasteiger partial charge >= 0.3 is 18.1 Å². The number of hydrogen-bond acceptors (Lipinski definition) is 10. The van der Waals surface area contributed by atoms with Gasteiger partial charge in [-0.15, -0.1) is 0 Å². The third-order valence-corrected chi connectivity index (χ3v) is 12.7. The van der Waals surface area contributed by atoms with Crippen molar-refractivity contribution in [2.75, 3.05) is 18.5 Å². The lowest BCUT2D eigenvalue weighted by Gasteiger charge is -2.31. The molecule has 0 fully saturated rings. The highest BCUT2D eigenvalue weighted by atomic mass is 16.6. The van der Waals surface area contributed by atoms with E-state index in [1.54, 1.807) is 29.7 Å². The van der Waals surface area contributed by atoms with Crippen LogP contribution in [0.2, 0.25) is 0 Å². The van der Waals surface area contributed by atoms with Gasteiger partial charge in [0.05, 0.1) is 29.0 Å². The fourth-order valence-corrected chi connectivity index (χ4v) is 9.28. The first-order chi connectivity index (χ1) is 31.5. The number of aromatic nitrogens is 2. The average Bonchev–Trinajstić information content (AvgIpc) is 3.85. The van der Waals surface area contributed by atoms with Crippen LogP contribution in [0.1, 0.15) is 78.0 Å². The van der Waals surface area contributed by atoms with Gasteiger partial charge in [-0.1, -0.05) is 74.5 Å². The van der Waals surface area contributed by atoms with Crippen molar-refractivity contribution in [3.05, 3.63) is 146 Å². The standard InChI is InChI=1S/C50H48N6O9/c1-3-31-36-22-30(19-20-41(36)54-44-37(31)24-56-43(44)23-40-39(46(56)58)27-64-47(59)50(40,62)4-2)63-25-28-15-17-29(18-16-28)53-45(57)42(14-9-21-52-48(51)60)55-49(61)65-26-38-34-12-7-5-10-32(34)33-11-6-8-13-35(33)38/h5-8,10-13,15-20,22-23,38,42,62H,3-4,9,14,21,24-27H2,1-2H3,(H,53,57)(H,55,61)(H3,51,52,60)/t42-,50-/m0/s1. The maximum Gasteiger partial charge on any atom is 0.407 e. The number of fused-ring (bicyclic) bond motifs is 8. The highest BCUT2D eigenvalue weighted by Gasteiger charge is 2.45. The van der Waals surface area contributed by atoms with E-state index in [2.05, 4.69) is 28.1 Å². The smallest absolute Gasteiger partial charge is 0.407 e. The predicted octanol–water partition coefficient (Wildman–Crippen LogP) is 6.52. The first-order valence-corrected chi connectivity index (χ1v) is 21.8. The first kappa shape index (κ1) is 42.8. The number of rotatable bonds is 14. The summed E-state index contributed by atoms with van der Waals surface area (Å²) in [6.45, 7) is 4.37. The van der Waals surface area contributed by atoms with Crippen molar-refractivity contribution >= 4 is 40.6 Å². The van der Waals surface area contributed by atoms with Crippen LogP contribution in [0.5, 0.6) is 5.75 Å². The topological polar surface area (TPSA) is 213 Å². The number of cyclic esters (lactones) is 1. The molecule has 0 saturated heterocycles. The highest BCUT2D eigenvalue weighted by molar-refractivity contribution is 5.96.